The van der Waals surface area contributed by atoms with Crippen LogP contribution in [0, 0.1) is 5.92 Å². The number of H-pyrrole nitrogens is 1. The highest BCUT2D eigenvalue weighted by molar-refractivity contribution is 5.94. The Labute approximate surface area is 185 Å². The van der Waals surface area contributed by atoms with Gasteiger partial charge in [0.2, 0.25) is 0 Å². The summed E-state index contributed by atoms with van der Waals surface area (Å²) in [6.07, 6.45) is 4.46. The molecule has 1 aromatic heterocycles. The second-order valence-corrected chi connectivity index (χ2v) is 10.5. The predicted octanol–water partition coefficient (Wildman–Crippen LogP) is 4.86. The number of piperidine rings is 1. The molecule has 31 heavy (non-hydrogen) atoms. The van der Waals surface area contributed by atoms with E-state index in [2.05, 4.69) is 61.3 Å². The number of aromatic amines is 1. The van der Waals surface area contributed by atoms with Crippen LogP contribution in [0.1, 0.15) is 60.2 Å². The minimum Gasteiger partial charge on any atom is -0.361 e. The lowest BCUT2D eigenvalue weighted by atomic mass is 9.71. The van der Waals surface area contributed by atoms with Crippen LogP contribution in [-0.2, 0) is 11.8 Å². The van der Waals surface area contributed by atoms with Gasteiger partial charge in [-0.1, -0.05) is 51.1 Å². The van der Waals surface area contributed by atoms with Crippen LogP contribution in [0.4, 0.5) is 0 Å². The van der Waals surface area contributed by atoms with Crippen molar-refractivity contribution in [1.29, 1.82) is 0 Å². The van der Waals surface area contributed by atoms with Crippen LogP contribution in [-0.4, -0.2) is 42.0 Å². The molecule has 0 saturated carbocycles. The molecule has 1 fully saturated rings. The zero-order valence-corrected chi connectivity index (χ0v) is 19.0. The zero-order valence-electron chi connectivity index (χ0n) is 19.0. The average Bonchev–Trinajstić information content (AvgIpc) is 3.17. The van der Waals surface area contributed by atoms with Crippen LogP contribution in [0.2, 0.25) is 0 Å². The fraction of sp³-hybridized carbons (Fsp3) is 0.444. The summed E-state index contributed by atoms with van der Waals surface area (Å²) in [7, 11) is 2.25. The van der Waals surface area contributed by atoms with Gasteiger partial charge in [-0.05, 0) is 60.0 Å². The molecule has 1 unspecified atom stereocenters. The highest BCUT2D eigenvalue weighted by Gasteiger charge is 2.40. The van der Waals surface area contributed by atoms with E-state index in [9.17, 15) is 4.79 Å². The van der Waals surface area contributed by atoms with Crippen LogP contribution in [0.3, 0.4) is 0 Å². The maximum absolute atomic E-state index is 12.5. The summed E-state index contributed by atoms with van der Waals surface area (Å²) < 4.78 is 0. The summed E-state index contributed by atoms with van der Waals surface area (Å²) in [5.74, 6) is 0.993. The quantitative estimate of drug-likeness (QED) is 0.642. The monoisotopic (exact) mass is 415 g/mol. The molecule has 0 radical (unpaired) electrons. The third-order valence-electron chi connectivity index (χ3n) is 7.34. The highest BCUT2D eigenvalue weighted by atomic mass is 16.1. The molecule has 2 N–H and O–H groups in total. The van der Waals surface area contributed by atoms with Crippen LogP contribution in [0.15, 0.2) is 48.7 Å². The van der Waals surface area contributed by atoms with Crippen LogP contribution in [0.5, 0.6) is 0 Å². The lowest BCUT2D eigenvalue weighted by Gasteiger charge is -2.45. The molecule has 162 valence electrons. The molecule has 2 aromatic carbocycles. The number of carbonyl (C=O) groups is 1. The van der Waals surface area contributed by atoms with Gasteiger partial charge in [-0.2, -0.15) is 0 Å². The summed E-state index contributed by atoms with van der Waals surface area (Å²) in [6.45, 7) is 8.62. The topological polar surface area (TPSA) is 48.1 Å². The Morgan fingerprint density at radius 1 is 1.16 bits per heavy atom. The first-order valence-corrected chi connectivity index (χ1v) is 11.5. The second kappa shape index (κ2) is 7.52. The fourth-order valence-electron chi connectivity index (χ4n) is 5.82. The minimum absolute atomic E-state index is 0.0267. The molecule has 2 heterocycles. The fourth-order valence-corrected chi connectivity index (χ4v) is 5.82. The summed E-state index contributed by atoms with van der Waals surface area (Å²) >= 11 is 0. The molecule has 3 atom stereocenters. The van der Waals surface area contributed by atoms with Crippen molar-refractivity contribution in [3.63, 3.8) is 0 Å². The van der Waals surface area contributed by atoms with Gasteiger partial charge < -0.3 is 15.2 Å². The number of hydrogen-bond acceptors (Lipinski definition) is 2. The van der Waals surface area contributed by atoms with Crippen molar-refractivity contribution in [2.24, 2.45) is 5.92 Å². The van der Waals surface area contributed by atoms with Gasteiger partial charge in [-0.15, -0.1) is 0 Å². The maximum atomic E-state index is 12.5. The molecular formula is C27H33N3O. The van der Waals surface area contributed by atoms with Gasteiger partial charge in [0, 0.05) is 47.7 Å². The van der Waals surface area contributed by atoms with Crippen LogP contribution in [0.25, 0.3) is 10.9 Å². The van der Waals surface area contributed by atoms with E-state index in [1.807, 2.05) is 30.3 Å². The Balaban J connectivity index is 1.40. The van der Waals surface area contributed by atoms with Crippen molar-refractivity contribution in [3.05, 3.63) is 70.9 Å². The van der Waals surface area contributed by atoms with E-state index in [0.717, 1.165) is 31.5 Å². The Morgan fingerprint density at radius 3 is 2.68 bits per heavy atom. The number of aromatic nitrogens is 1. The third-order valence-corrected chi connectivity index (χ3v) is 7.34. The number of nitrogens with one attached hydrogen (secondary N) is 2. The molecule has 2 aliphatic rings. The summed E-state index contributed by atoms with van der Waals surface area (Å²) in [6, 6.07) is 14.8. The number of benzene rings is 2. The zero-order chi connectivity index (χ0) is 21.8. The Hall–Kier alpha value is -2.59. The molecule has 5 rings (SSSR count). The van der Waals surface area contributed by atoms with Crippen molar-refractivity contribution in [1.82, 2.24) is 15.2 Å². The summed E-state index contributed by atoms with van der Waals surface area (Å²) in [5.41, 5.74) is 6.51. The molecule has 1 aliphatic carbocycles. The number of amides is 1. The Kier molecular flexibility index (Phi) is 4.93. The van der Waals surface area contributed by atoms with Crippen molar-refractivity contribution in [3.8, 4) is 0 Å². The van der Waals surface area contributed by atoms with Crippen LogP contribution >= 0.6 is 0 Å². The molecule has 1 saturated heterocycles. The van der Waals surface area contributed by atoms with E-state index >= 15 is 0 Å². The van der Waals surface area contributed by atoms with Crippen molar-refractivity contribution >= 4 is 16.8 Å². The van der Waals surface area contributed by atoms with E-state index in [1.165, 1.54) is 27.6 Å². The molecule has 1 amide bonds. The standard InChI is InChI=1S/C27H33N3O/c1-27(2,3)22-11-10-20-21-12-17(14-29-26(31)18-8-6-5-7-9-18)16-30(4)23(21)13-19-15-28-25(22)24(19)20/h5-11,15,17,21,23,28H,12-14,16H2,1-4H3,(H,29,31)/t17-,21?,23+/m0/s1. The molecule has 0 bridgehead atoms. The van der Waals surface area contributed by atoms with Gasteiger partial charge in [0.15, 0.2) is 0 Å². The van der Waals surface area contributed by atoms with E-state index in [0.29, 0.717) is 17.9 Å². The van der Waals surface area contributed by atoms with Gasteiger partial charge in [0.25, 0.3) is 5.91 Å². The number of rotatable bonds is 3. The summed E-state index contributed by atoms with van der Waals surface area (Å²) in [5, 5.41) is 4.64. The van der Waals surface area contributed by atoms with Gasteiger partial charge in [-0.25, -0.2) is 0 Å². The SMILES string of the molecule is CN1C[C@H](CNC(=O)c2ccccc2)CC2c3ccc(C(C)(C)C)c4[nH]cc(c34)C[C@H]21. The van der Waals surface area contributed by atoms with Gasteiger partial charge in [-0.3, -0.25) is 4.79 Å². The smallest absolute Gasteiger partial charge is 0.251 e. The third kappa shape index (κ3) is 3.57. The van der Waals surface area contributed by atoms with Gasteiger partial charge in [0.05, 0.1) is 0 Å². The summed E-state index contributed by atoms with van der Waals surface area (Å²) in [4.78, 5) is 18.7. The first-order valence-electron chi connectivity index (χ1n) is 11.5. The van der Waals surface area contributed by atoms with Crippen molar-refractivity contribution in [2.45, 2.75) is 51.0 Å². The largest absolute Gasteiger partial charge is 0.361 e. The molecule has 3 aromatic rings. The number of carbonyl (C=O) groups excluding carboxylic acids is 1. The normalized spacial score (nSPS) is 23.5. The minimum atomic E-state index is 0.0267. The number of fused-ring (bicyclic) bond motifs is 2. The lowest BCUT2D eigenvalue weighted by Crippen LogP contribution is -2.50. The van der Waals surface area contributed by atoms with E-state index in [-0.39, 0.29) is 11.3 Å². The average molecular weight is 416 g/mol. The number of nitrogens with zero attached hydrogens (tertiary/aromatic N) is 1. The number of hydrogen-bond donors (Lipinski definition) is 2. The van der Waals surface area contributed by atoms with Gasteiger partial charge >= 0.3 is 0 Å². The van der Waals surface area contributed by atoms with Crippen molar-refractivity contribution in [2.75, 3.05) is 20.1 Å². The molecule has 4 heteroatoms. The van der Waals surface area contributed by atoms with E-state index < -0.39 is 0 Å². The van der Waals surface area contributed by atoms with Crippen molar-refractivity contribution < 1.29 is 4.79 Å². The van der Waals surface area contributed by atoms with Crippen LogP contribution < -0.4 is 5.32 Å². The van der Waals surface area contributed by atoms with E-state index in [1.54, 1.807) is 0 Å². The first-order chi connectivity index (χ1) is 14.8. The predicted molar refractivity (Wildman–Crippen MR) is 127 cm³/mol. The molecule has 1 aliphatic heterocycles. The van der Waals surface area contributed by atoms with E-state index in [4.69, 9.17) is 0 Å². The lowest BCUT2D eigenvalue weighted by molar-refractivity contribution is 0.0891. The molecular weight excluding hydrogens is 382 g/mol. The highest BCUT2D eigenvalue weighted by Crippen LogP contribution is 2.46. The Morgan fingerprint density at radius 2 is 1.94 bits per heavy atom. The first kappa shape index (κ1) is 20.3. The Bertz CT molecular complexity index is 1110. The molecule has 0 spiro atoms. The maximum Gasteiger partial charge on any atom is 0.251 e. The second-order valence-electron chi connectivity index (χ2n) is 10.5. The number of likely N-dealkylation sites (tertiary alicyclic amines) is 1. The van der Waals surface area contributed by atoms with Gasteiger partial charge in [0.1, 0.15) is 0 Å². The molecule has 4 nitrogen and oxygen atoms in total. The number of likely N-dealkylation sites (N-methyl/N-ethyl adjacent to an activating group) is 1.